The second-order valence-corrected chi connectivity index (χ2v) is 7.48. The average Bonchev–Trinajstić information content (AvgIpc) is 2.93. The number of benzene rings is 1. The third-order valence-electron chi connectivity index (χ3n) is 4.59. The molecule has 1 aliphatic rings. The Kier molecular flexibility index (Phi) is 5.18. The molecule has 1 aromatic carbocycles. The maximum atomic E-state index is 14.5. The molecular formula is C18H15BrF4N4O. The van der Waals surface area contributed by atoms with E-state index >= 15 is 0 Å². The third-order valence-corrected chi connectivity index (χ3v) is 5.06. The van der Waals surface area contributed by atoms with Crippen molar-refractivity contribution in [1.82, 2.24) is 4.98 Å². The van der Waals surface area contributed by atoms with E-state index in [1.54, 1.807) is 6.07 Å². The van der Waals surface area contributed by atoms with Crippen LogP contribution in [-0.4, -0.2) is 22.9 Å². The van der Waals surface area contributed by atoms with Gasteiger partial charge in [0.05, 0.1) is 17.3 Å². The maximum absolute atomic E-state index is 14.5. The molecule has 0 bridgehead atoms. The number of amides is 1. The first-order valence-electron chi connectivity index (χ1n) is 8.14. The number of anilines is 1. The minimum absolute atomic E-state index is 0.0941. The standard InChI is InChI=1S/C18H15BrF4N4O/c1-17(14(18(21,22)23)7-15(24)27-17)11-6-10(3-4-12(11)20)26-16(28)13-5-2-9(19)8-25-13/h2-6,8,14H,7H2,1H3,(H2,24,27)(H,26,28)/t14-,17-/m1/s1. The summed E-state index contributed by atoms with van der Waals surface area (Å²) in [5, 5.41) is 2.51. The predicted molar refractivity (Wildman–Crippen MR) is 99.4 cm³/mol. The van der Waals surface area contributed by atoms with Crippen molar-refractivity contribution in [3.63, 3.8) is 0 Å². The number of alkyl halides is 3. The molecule has 0 unspecified atom stereocenters. The first kappa shape index (κ1) is 20.2. The maximum Gasteiger partial charge on any atom is 0.394 e. The Bertz CT molecular complexity index is 946. The molecule has 0 saturated heterocycles. The highest BCUT2D eigenvalue weighted by molar-refractivity contribution is 9.10. The van der Waals surface area contributed by atoms with E-state index in [4.69, 9.17) is 5.73 Å². The molecule has 1 aliphatic heterocycles. The third kappa shape index (κ3) is 3.87. The first-order chi connectivity index (χ1) is 13.0. The highest BCUT2D eigenvalue weighted by atomic mass is 79.9. The van der Waals surface area contributed by atoms with E-state index in [-0.39, 0.29) is 22.8 Å². The quantitative estimate of drug-likeness (QED) is 0.669. The molecule has 148 valence electrons. The van der Waals surface area contributed by atoms with Crippen molar-refractivity contribution in [3.05, 3.63) is 58.1 Å². The van der Waals surface area contributed by atoms with Gasteiger partial charge in [0.15, 0.2) is 0 Å². The molecule has 0 saturated carbocycles. The van der Waals surface area contributed by atoms with Gasteiger partial charge in [0, 0.05) is 28.3 Å². The molecule has 2 heterocycles. The molecule has 10 heteroatoms. The average molecular weight is 459 g/mol. The zero-order chi connectivity index (χ0) is 20.7. The van der Waals surface area contributed by atoms with E-state index in [1.807, 2.05) is 0 Å². The molecule has 3 rings (SSSR count). The fourth-order valence-corrected chi connectivity index (χ4v) is 3.44. The number of rotatable bonds is 3. The van der Waals surface area contributed by atoms with Crippen LogP contribution in [0.3, 0.4) is 0 Å². The van der Waals surface area contributed by atoms with Gasteiger partial charge in [-0.25, -0.2) is 9.37 Å². The number of nitrogens with two attached hydrogens (primary N) is 1. The van der Waals surface area contributed by atoms with Crippen molar-refractivity contribution in [3.8, 4) is 0 Å². The van der Waals surface area contributed by atoms with Crippen LogP contribution < -0.4 is 11.1 Å². The Morgan fingerprint density at radius 3 is 2.64 bits per heavy atom. The van der Waals surface area contributed by atoms with Crippen LogP contribution in [0.25, 0.3) is 0 Å². The van der Waals surface area contributed by atoms with Crippen molar-refractivity contribution in [2.45, 2.75) is 25.1 Å². The summed E-state index contributed by atoms with van der Waals surface area (Å²) in [6, 6.07) is 6.47. The summed E-state index contributed by atoms with van der Waals surface area (Å²) >= 11 is 3.20. The number of amidine groups is 1. The SMILES string of the molecule is C[C@]1(c2cc(NC(=O)c3ccc(Br)cn3)ccc2F)N=C(N)C[C@H]1C(F)(F)F. The number of nitrogens with one attached hydrogen (secondary N) is 1. The number of carbonyl (C=O) groups excluding carboxylic acids is 1. The fraction of sp³-hybridized carbons (Fsp3) is 0.278. The van der Waals surface area contributed by atoms with Crippen LogP contribution in [0.2, 0.25) is 0 Å². The highest BCUT2D eigenvalue weighted by Gasteiger charge is 2.56. The second kappa shape index (κ2) is 7.16. The largest absolute Gasteiger partial charge is 0.394 e. The minimum Gasteiger partial charge on any atom is -0.387 e. The fourth-order valence-electron chi connectivity index (χ4n) is 3.21. The molecular weight excluding hydrogens is 444 g/mol. The number of hydrogen-bond acceptors (Lipinski definition) is 4. The zero-order valence-corrected chi connectivity index (χ0v) is 16.1. The van der Waals surface area contributed by atoms with E-state index in [0.717, 1.165) is 12.1 Å². The van der Waals surface area contributed by atoms with Crippen molar-refractivity contribution in [2.75, 3.05) is 5.32 Å². The van der Waals surface area contributed by atoms with Crippen molar-refractivity contribution in [2.24, 2.45) is 16.6 Å². The Morgan fingerprint density at radius 2 is 2.04 bits per heavy atom. The van der Waals surface area contributed by atoms with Gasteiger partial charge in [-0.05, 0) is 53.2 Å². The van der Waals surface area contributed by atoms with Crippen molar-refractivity contribution >= 4 is 33.4 Å². The summed E-state index contributed by atoms with van der Waals surface area (Å²) < 4.78 is 55.6. The lowest BCUT2D eigenvalue weighted by Crippen LogP contribution is -2.38. The number of carbonyl (C=O) groups is 1. The lowest BCUT2D eigenvalue weighted by atomic mass is 9.79. The molecule has 3 N–H and O–H groups in total. The molecule has 5 nitrogen and oxygen atoms in total. The van der Waals surface area contributed by atoms with Crippen LogP contribution in [-0.2, 0) is 5.54 Å². The van der Waals surface area contributed by atoms with Gasteiger partial charge in [-0.1, -0.05) is 0 Å². The van der Waals surface area contributed by atoms with Crippen LogP contribution in [0.15, 0.2) is 46.0 Å². The predicted octanol–water partition coefficient (Wildman–Crippen LogP) is 4.39. The minimum atomic E-state index is -4.62. The van der Waals surface area contributed by atoms with Crippen LogP contribution in [0.4, 0.5) is 23.2 Å². The Hall–Kier alpha value is -2.49. The number of nitrogens with zero attached hydrogens (tertiary/aromatic N) is 2. The molecule has 1 amide bonds. The van der Waals surface area contributed by atoms with Crippen LogP contribution in [0, 0.1) is 11.7 Å². The van der Waals surface area contributed by atoms with Crippen molar-refractivity contribution in [1.29, 1.82) is 0 Å². The number of aromatic nitrogens is 1. The van der Waals surface area contributed by atoms with E-state index < -0.39 is 35.8 Å². The Labute approximate surface area is 166 Å². The molecule has 28 heavy (non-hydrogen) atoms. The summed E-state index contributed by atoms with van der Waals surface area (Å²) in [5.41, 5.74) is 3.53. The van der Waals surface area contributed by atoms with Gasteiger partial charge < -0.3 is 11.1 Å². The van der Waals surface area contributed by atoms with Crippen LogP contribution in [0.5, 0.6) is 0 Å². The smallest absolute Gasteiger partial charge is 0.387 e. The van der Waals surface area contributed by atoms with E-state index in [0.29, 0.717) is 4.47 Å². The Balaban J connectivity index is 1.95. The highest BCUT2D eigenvalue weighted by Crippen LogP contribution is 2.49. The number of aliphatic imine (C=N–C) groups is 1. The van der Waals surface area contributed by atoms with Gasteiger partial charge in [0.25, 0.3) is 5.91 Å². The van der Waals surface area contributed by atoms with Crippen LogP contribution in [0.1, 0.15) is 29.4 Å². The Morgan fingerprint density at radius 1 is 1.32 bits per heavy atom. The van der Waals surface area contributed by atoms with E-state index in [1.165, 1.54) is 25.3 Å². The lowest BCUT2D eigenvalue weighted by molar-refractivity contribution is -0.187. The van der Waals surface area contributed by atoms with E-state index in [9.17, 15) is 22.4 Å². The molecule has 2 aromatic rings. The molecule has 1 aromatic heterocycles. The monoisotopic (exact) mass is 458 g/mol. The van der Waals surface area contributed by atoms with Crippen LogP contribution >= 0.6 is 15.9 Å². The summed E-state index contributed by atoms with van der Waals surface area (Å²) in [7, 11) is 0. The van der Waals surface area contributed by atoms with Gasteiger partial charge in [-0.15, -0.1) is 0 Å². The van der Waals surface area contributed by atoms with Gasteiger partial charge in [0.1, 0.15) is 11.5 Å². The summed E-state index contributed by atoms with van der Waals surface area (Å²) in [6.07, 6.45) is -3.71. The zero-order valence-electron chi connectivity index (χ0n) is 14.5. The number of halogens is 5. The normalized spacial score (nSPS) is 22.1. The van der Waals surface area contributed by atoms with Gasteiger partial charge >= 0.3 is 6.18 Å². The summed E-state index contributed by atoms with van der Waals surface area (Å²) in [4.78, 5) is 20.1. The van der Waals surface area contributed by atoms with Gasteiger partial charge in [-0.2, -0.15) is 13.2 Å². The van der Waals surface area contributed by atoms with Gasteiger partial charge in [0.2, 0.25) is 0 Å². The van der Waals surface area contributed by atoms with Crippen molar-refractivity contribution < 1.29 is 22.4 Å². The summed E-state index contributed by atoms with van der Waals surface area (Å²) in [6.45, 7) is 1.19. The second-order valence-electron chi connectivity index (χ2n) is 6.56. The van der Waals surface area contributed by atoms with Gasteiger partial charge in [-0.3, -0.25) is 9.79 Å². The first-order valence-corrected chi connectivity index (χ1v) is 8.94. The number of pyridine rings is 1. The summed E-state index contributed by atoms with van der Waals surface area (Å²) in [5.74, 6) is -3.61. The molecule has 0 aliphatic carbocycles. The van der Waals surface area contributed by atoms with E-state index in [2.05, 4.69) is 31.2 Å². The topological polar surface area (TPSA) is 80.4 Å². The lowest BCUT2D eigenvalue weighted by Gasteiger charge is -2.31. The molecule has 0 radical (unpaired) electrons. The molecule has 0 fully saturated rings. The molecule has 2 atom stereocenters. The molecule has 0 spiro atoms. The number of hydrogen-bond donors (Lipinski definition) is 2.